The summed E-state index contributed by atoms with van der Waals surface area (Å²) >= 11 is 0. The van der Waals surface area contributed by atoms with Crippen LogP contribution in [0, 0.1) is 0 Å². The maximum atomic E-state index is 12.1. The highest BCUT2D eigenvalue weighted by Crippen LogP contribution is 2.29. The van der Waals surface area contributed by atoms with E-state index in [1.807, 2.05) is 29.3 Å². The van der Waals surface area contributed by atoms with Gasteiger partial charge in [0.2, 0.25) is 0 Å². The summed E-state index contributed by atoms with van der Waals surface area (Å²) in [6, 6.07) is 10.2. The summed E-state index contributed by atoms with van der Waals surface area (Å²) in [6.07, 6.45) is 3.75. The number of rotatable bonds is 1. The van der Waals surface area contributed by atoms with Crippen LogP contribution in [0.25, 0.3) is 0 Å². The average molecular weight is 229 g/mol. The van der Waals surface area contributed by atoms with E-state index in [0.29, 0.717) is 0 Å². The Balaban J connectivity index is 1.79. The number of likely N-dealkylation sites (tertiary alicyclic amines) is 1. The molecular weight excluding hydrogens is 214 g/mol. The molecule has 2 amide bonds. The van der Waals surface area contributed by atoms with E-state index >= 15 is 0 Å². The molecule has 3 rings (SSSR count). The van der Waals surface area contributed by atoms with E-state index in [9.17, 15) is 4.79 Å². The molecule has 1 aromatic carbocycles. The van der Waals surface area contributed by atoms with Gasteiger partial charge in [-0.25, -0.2) is 9.80 Å². The zero-order valence-corrected chi connectivity index (χ0v) is 9.62. The van der Waals surface area contributed by atoms with Crippen molar-refractivity contribution in [2.24, 2.45) is 5.10 Å². The maximum Gasteiger partial charge on any atom is 0.341 e. The molecule has 1 atom stereocenters. The van der Waals surface area contributed by atoms with Crippen molar-refractivity contribution >= 4 is 12.2 Å². The van der Waals surface area contributed by atoms with E-state index < -0.39 is 0 Å². The molecule has 1 unspecified atom stereocenters. The first-order valence-electron chi connectivity index (χ1n) is 6.02. The summed E-state index contributed by atoms with van der Waals surface area (Å²) in [4.78, 5) is 14.0. The van der Waals surface area contributed by atoms with Crippen LogP contribution in [0.4, 0.5) is 4.79 Å². The molecular formula is C13H15N3O. The number of hydrogen-bond donors (Lipinski definition) is 0. The van der Waals surface area contributed by atoms with Crippen molar-refractivity contribution in [1.82, 2.24) is 9.91 Å². The topological polar surface area (TPSA) is 35.9 Å². The molecule has 17 heavy (non-hydrogen) atoms. The second-order valence-corrected chi connectivity index (χ2v) is 4.43. The second-order valence-electron chi connectivity index (χ2n) is 4.43. The molecule has 0 aromatic heterocycles. The van der Waals surface area contributed by atoms with E-state index in [1.54, 1.807) is 5.01 Å². The molecule has 1 fully saturated rings. The van der Waals surface area contributed by atoms with Gasteiger partial charge >= 0.3 is 6.03 Å². The molecule has 2 heterocycles. The number of amides is 2. The van der Waals surface area contributed by atoms with Crippen LogP contribution in [0.2, 0.25) is 0 Å². The summed E-state index contributed by atoms with van der Waals surface area (Å²) in [5, 5.41) is 5.83. The summed E-state index contributed by atoms with van der Waals surface area (Å²) < 4.78 is 0. The third kappa shape index (κ3) is 1.79. The van der Waals surface area contributed by atoms with Crippen LogP contribution in [-0.4, -0.2) is 35.2 Å². The molecule has 4 nitrogen and oxygen atoms in total. The molecule has 0 saturated carbocycles. The third-order valence-electron chi connectivity index (χ3n) is 3.34. The second kappa shape index (κ2) is 4.20. The van der Waals surface area contributed by atoms with Crippen molar-refractivity contribution in [3.8, 4) is 0 Å². The third-order valence-corrected chi connectivity index (χ3v) is 3.34. The Hall–Kier alpha value is -1.84. The fourth-order valence-electron chi connectivity index (χ4n) is 2.20. The summed E-state index contributed by atoms with van der Waals surface area (Å²) in [5.41, 5.74) is 1.15. The molecule has 2 aliphatic heterocycles. The van der Waals surface area contributed by atoms with E-state index in [0.717, 1.165) is 31.5 Å². The molecule has 0 radical (unpaired) electrons. The highest BCUT2D eigenvalue weighted by Gasteiger charge is 2.33. The van der Waals surface area contributed by atoms with Crippen LogP contribution in [0.5, 0.6) is 0 Å². The normalized spacial score (nSPS) is 22.7. The molecule has 0 aliphatic carbocycles. The van der Waals surface area contributed by atoms with Crippen LogP contribution >= 0.6 is 0 Å². The predicted octanol–water partition coefficient (Wildman–Crippen LogP) is 2.24. The molecule has 88 valence electrons. The van der Waals surface area contributed by atoms with Crippen LogP contribution in [0.1, 0.15) is 24.4 Å². The van der Waals surface area contributed by atoms with Crippen LogP contribution in [0.15, 0.2) is 35.4 Å². The fourth-order valence-corrected chi connectivity index (χ4v) is 2.20. The lowest BCUT2D eigenvalue weighted by molar-refractivity contribution is 0.117. The van der Waals surface area contributed by atoms with Crippen LogP contribution in [0.3, 0.4) is 0 Å². The molecule has 1 saturated heterocycles. The van der Waals surface area contributed by atoms with E-state index in [4.69, 9.17) is 0 Å². The fraction of sp³-hybridized carbons (Fsp3) is 0.385. The highest BCUT2D eigenvalue weighted by molar-refractivity contribution is 5.79. The molecule has 0 bridgehead atoms. The zero-order chi connectivity index (χ0) is 11.7. The first-order chi connectivity index (χ1) is 8.36. The Morgan fingerprint density at radius 3 is 2.65 bits per heavy atom. The Bertz CT molecular complexity index is 439. The van der Waals surface area contributed by atoms with Crippen LogP contribution in [-0.2, 0) is 0 Å². The van der Waals surface area contributed by atoms with Crippen molar-refractivity contribution in [2.45, 2.75) is 18.9 Å². The molecule has 2 aliphatic rings. The van der Waals surface area contributed by atoms with Gasteiger partial charge in [-0.2, -0.15) is 5.10 Å². The summed E-state index contributed by atoms with van der Waals surface area (Å²) in [5.74, 6) is 0. The van der Waals surface area contributed by atoms with Gasteiger partial charge < -0.3 is 4.90 Å². The van der Waals surface area contributed by atoms with Gasteiger partial charge in [0, 0.05) is 25.7 Å². The van der Waals surface area contributed by atoms with Gasteiger partial charge in [-0.15, -0.1) is 0 Å². The van der Waals surface area contributed by atoms with Gasteiger partial charge in [-0.3, -0.25) is 0 Å². The van der Waals surface area contributed by atoms with E-state index in [-0.39, 0.29) is 12.1 Å². The molecule has 1 aromatic rings. The van der Waals surface area contributed by atoms with Gasteiger partial charge in [0.25, 0.3) is 0 Å². The minimum absolute atomic E-state index is 0.0406. The number of nitrogens with zero attached hydrogens (tertiary/aromatic N) is 3. The number of carbonyl (C=O) groups excluding carboxylic acids is 1. The Morgan fingerprint density at radius 1 is 1.24 bits per heavy atom. The smallest absolute Gasteiger partial charge is 0.323 e. The molecule has 0 N–H and O–H groups in total. The van der Waals surface area contributed by atoms with Crippen molar-refractivity contribution in [2.75, 3.05) is 13.1 Å². The van der Waals surface area contributed by atoms with Crippen LogP contribution < -0.4 is 0 Å². The lowest BCUT2D eigenvalue weighted by atomic mass is 10.0. The van der Waals surface area contributed by atoms with E-state index in [2.05, 4.69) is 17.2 Å². The summed E-state index contributed by atoms with van der Waals surface area (Å²) in [6.45, 7) is 1.73. The number of urea groups is 1. The lowest BCUT2D eigenvalue weighted by Crippen LogP contribution is -2.48. The number of hydrazone groups is 1. The van der Waals surface area contributed by atoms with Crippen molar-refractivity contribution in [3.63, 3.8) is 0 Å². The predicted molar refractivity (Wildman–Crippen MR) is 65.7 cm³/mol. The average Bonchev–Trinajstić information content (AvgIpc) is 2.76. The number of carbonyl (C=O) groups is 1. The first-order valence-corrected chi connectivity index (χ1v) is 6.02. The zero-order valence-electron chi connectivity index (χ0n) is 9.62. The summed E-state index contributed by atoms with van der Waals surface area (Å²) in [7, 11) is 0. The molecule has 4 heteroatoms. The quantitative estimate of drug-likeness (QED) is 0.727. The Kier molecular flexibility index (Phi) is 2.55. The van der Waals surface area contributed by atoms with Gasteiger partial charge in [0.15, 0.2) is 0 Å². The number of benzene rings is 1. The van der Waals surface area contributed by atoms with E-state index in [1.165, 1.54) is 0 Å². The lowest BCUT2D eigenvalue weighted by Gasteiger charge is -2.35. The van der Waals surface area contributed by atoms with Gasteiger partial charge in [-0.05, 0) is 12.0 Å². The monoisotopic (exact) mass is 229 g/mol. The van der Waals surface area contributed by atoms with Crippen molar-refractivity contribution < 1.29 is 4.79 Å². The maximum absolute atomic E-state index is 12.1. The van der Waals surface area contributed by atoms with Crippen molar-refractivity contribution in [3.05, 3.63) is 35.9 Å². The SMILES string of the molecule is O=C(N1CCC1)N1N=CCC1c1ccccc1. The minimum Gasteiger partial charge on any atom is -0.323 e. The minimum atomic E-state index is 0.0406. The standard InChI is InChI=1S/C13H15N3O/c17-13(15-9-4-10-15)16-12(7-8-14-16)11-5-2-1-3-6-11/h1-3,5-6,8,12H,4,7,9-10H2. The Labute approximate surface area is 101 Å². The van der Waals surface area contributed by atoms with Gasteiger partial charge in [-0.1, -0.05) is 30.3 Å². The number of hydrogen-bond acceptors (Lipinski definition) is 2. The molecule has 0 spiro atoms. The Morgan fingerprint density at radius 2 is 2.00 bits per heavy atom. The van der Waals surface area contributed by atoms with Gasteiger partial charge in [0.1, 0.15) is 0 Å². The first kappa shape index (κ1) is 10.3. The van der Waals surface area contributed by atoms with Crippen molar-refractivity contribution in [1.29, 1.82) is 0 Å². The van der Waals surface area contributed by atoms with Gasteiger partial charge in [0.05, 0.1) is 6.04 Å². The highest BCUT2D eigenvalue weighted by atomic mass is 16.2. The largest absolute Gasteiger partial charge is 0.341 e.